The molecule has 3 rings (SSSR count). The molecular weight excluding hydrogens is 379 g/mol. The third-order valence-corrected chi connectivity index (χ3v) is 4.71. The van der Waals surface area contributed by atoms with Crippen molar-refractivity contribution in [2.75, 3.05) is 0 Å². The van der Waals surface area contributed by atoms with Gasteiger partial charge < -0.3 is 5.32 Å². The second-order valence-electron chi connectivity index (χ2n) is 6.57. The van der Waals surface area contributed by atoms with Gasteiger partial charge in [0.15, 0.2) is 0 Å². The van der Waals surface area contributed by atoms with Crippen molar-refractivity contribution in [3.8, 4) is 5.69 Å². The number of pyridine rings is 1. The van der Waals surface area contributed by atoms with Crippen molar-refractivity contribution >= 4 is 17.6 Å². The molecule has 2 aromatic heterocycles. The van der Waals surface area contributed by atoms with Gasteiger partial charge in [0.05, 0.1) is 23.6 Å². The number of rotatable bonds is 8. The molecule has 0 saturated heterocycles. The predicted molar refractivity (Wildman–Crippen MR) is 117 cm³/mol. The average Bonchev–Trinajstić information content (AvgIpc) is 3.19. The van der Waals surface area contributed by atoms with Crippen LogP contribution in [0, 0.1) is 5.82 Å². The zero-order valence-corrected chi connectivity index (χ0v) is 16.8. The van der Waals surface area contributed by atoms with E-state index in [0.29, 0.717) is 28.9 Å². The first-order valence-electron chi connectivity index (χ1n) is 9.53. The molecule has 5 nitrogen and oxygen atoms in total. The number of benzene rings is 1. The van der Waals surface area contributed by atoms with Crippen LogP contribution in [0.1, 0.15) is 36.2 Å². The molecule has 1 unspecified atom stereocenters. The van der Waals surface area contributed by atoms with Crippen LogP contribution in [0.4, 0.5) is 4.39 Å². The summed E-state index contributed by atoms with van der Waals surface area (Å²) in [6.45, 7) is 9.46. The van der Waals surface area contributed by atoms with Gasteiger partial charge in [0.1, 0.15) is 5.82 Å². The number of nitrogens with zero attached hydrogens (tertiary/aromatic N) is 3. The largest absolute Gasteiger partial charge is 0.345 e. The van der Waals surface area contributed by atoms with Crippen molar-refractivity contribution in [2.24, 2.45) is 0 Å². The number of carbonyl (C=O) groups excluding carboxylic acids is 1. The molecule has 0 aliphatic rings. The van der Waals surface area contributed by atoms with Crippen molar-refractivity contribution < 1.29 is 9.18 Å². The summed E-state index contributed by atoms with van der Waals surface area (Å²) in [4.78, 5) is 17.2. The fourth-order valence-electron chi connectivity index (χ4n) is 3.24. The minimum Gasteiger partial charge on any atom is -0.345 e. The van der Waals surface area contributed by atoms with Crippen LogP contribution in [-0.2, 0) is 4.79 Å². The van der Waals surface area contributed by atoms with E-state index >= 15 is 0 Å². The molecule has 1 atom stereocenters. The second kappa shape index (κ2) is 9.60. The van der Waals surface area contributed by atoms with Crippen LogP contribution in [0.15, 0.2) is 80.3 Å². The molecule has 0 radical (unpaired) electrons. The van der Waals surface area contributed by atoms with Crippen LogP contribution in [-0.4, -0.2) is 20.7 Å². The molecule has 6 heteroatoms. The fraction of sp³-hybridized carbons (Fsp3) is 0.125. The highest BCUT2D eigenvalue weighted by Crippen LogP contribution is 2.25. The quantitative estimate of drug-likeness (QED) is 0.431. The van der Waals surface area contributed by atoms with Gasteiger partial charge >= 0.3 is 0 Å². The Morgan fingerprint density at radius 3 is 2.50 bits per heavy atom. The lowest BCUT2D eigenvalue weighted by atomic mass is 10.0. The maximum atomic E-state index is 13.3. The highest BCUT2D eigenvalue weighted by atomic mass is 19.1. The second-order valence-corrected chi connectivity index (χ2v) is 6.57. The number of amides is 1. The molecule has 2 heterocycles. The van der Waals surface area contributed by atoms with E-state index in [1.165, 1.54) is 12.1 Å². The van der Waals surface area contributed by atoms with Gasteiger partial charge in [-0.2, -0.15) is 5.10 Å². The molecule has 1 aromatic carbocycles. The number of aromatic nitrogens is 3. The Labute approximate surface area is 175 Å². The van der Waals surface area contributed by atoms with E-state index in [1.807, 2.05) is 12.1 Å². The summed E-state index contributed by atoms with van der Waals surface area (Å²) in [6.07, 6.45) is 10.7. The van der Waals surface area contributed by atoms with Crippen molar-refractivity contribution in [1.82, 2.24) is 20.1 Å². The molecule has 0 bridgehead atoms. The zero-order chi connectivity index (χ0) is 21.5. The summed E-state index contributed by atoms with van der Waals surface area (Å²) in [5.74, 6) is -0.563. The SMILES string of the molecule is C=CCC(NC(=O)/C(=C/C)c1cnn(-c2ccc(F)cc2)c1C=C)c1ccncc1. The highest BCUT2D eigenvalue weighted by molar-refractivity contribution is 6.20. The maximum absolute atomic E-state index is 13.3. The van der Waals surface area contributed by atoms with E-state index in [9.17, 15) is 9.18 Å². The molecule has 1 N–H and O–H groups in total. The van der Waals surface area contributed by atoms with E-state index < -0.39 is 0 Å². The van der Waals surface area contributed by atoms with E-state index in [0.717, 1.165) is 5.56 Å². The average molecular weight is 402 g/mol. The smallest absolute Gasteiger partial charge is 0.252 e. The monoisotopic (exact) mass is 402 g/mol. The molecule has 0 aliphatic carbocycles. The Morgan fingerprint density at radius 1 is 1.20 bits per heavy atom. The number of hydrogen-bond acceptors (Lipinski definition) is 3. The van der Waals surface area contributed by atoms with Crippen LogP contribution in [0.5, 0.6) is 0 Å². The van der Waals surface area contributed by atoms with Crippen molar-refractivity contribution in [3.63, 3.8) is 0 Å². The van der Waals surface area contributed by atoms with Crippen LogP contribution in [0.3, 0.4) is 0 Å². The predicted octanol–water partition coefficient (Wildman–Crippen LogP) is 4.89. The molecular formula is C24H23FN4O. The standard InChI is InChI=1S/C24H23FN4O/c1-4-7-22(17-12-14-26-15-13-17)28-24(30)20(5-2)21-16-27-29(23(21)6-3)19-10-8-18(25)9-11-19/h4-6,8-16,22H,1,3,7H2,2H3,(H,28,30)/b20-5+. The van der Waals surface area contributed by atoms with Gasteiger partial charge in [-0.15, -0.1) is 6.58 Å². The Morgan fingerprint density at radius 2 is 1.90 bits per heavy atom. The Bertz CT molecular complexity index is 1070. The normalized spacial score (nSPS) is 12.3. The van der Waals surface area contributed by atoms with Crippen LogP contribution >= 0.6 is 0 Å². The van der Waals surface area contributed by atoms with Crippen LogP contribution in [0.25, 0.3) is 17.3 Å². The van der Waals surface area contributed by atoms with Gasteiger partial charge in [-0.3, -0.25) is 9.78 Å². The summed E-state index contributed by atoms with van der Waals surface area (Å²) in [7, 11) is 0. The van der Waals surface area contributed by atoms with Gasteiger partial charge in [0.2, 0.25) is 0 Å². The van der Waals surface area contributed by atoms with E-state index in [1.54, 1.807) is 60.6 Å². The Hall–Kier alpha value is -3.80. The first-order valence-corrected chi connectivity index (χ1v) is 9.53. The molecule has 3 aromatic rings. The van der Waals surface area contributed by atoms with Gasteiger partial charge in [-0.25, -0.2) is 9.07 Å². The Balaban J connectivity index is 1.92. The highest BCUT2D eigenvalue weighted by Gasteiger charge is 2.21. The molecule has 1 amide bonds. The molecule has 0 spiro atoms. The van der Waals surface area contributed by atoms with Crippen LogP contribution in [0.2, 0.25) is 0 Å². The number of allylic oxidation sites excluding steroid dienone is 1. The van der Waals surface area contributed by atoms with E-state index in [-0.39, 0.29) is 17.8 Å². The van der Waals surface area contributed by atoms with Crippen molar-refractivity contribution in [3.05, 3.63) is 103 Å². The summed E-state index contributed by atoms with van der Waals surface area (Å²) in [6, 6.07) is 9.48. The number of carbonyl (C=O) groups is 1. The van der Waals surface area contributed by atoms with Gasteiger partial charge in [-0.1, -0.05) is 18.7 Å². The first-order chi connectivity index (χ1) is 14.6. The van der Waals surface area contributed by atoms with Gasteiger partial charge in [-0.05, 0) is 61.4 Å². The summed E-state index contributed by atoms with van der Waals surface area (Å²) >= 11 is 0. The molecule has 0 saturated carbocycles. The Kier molecular flexibility index (Phi) is 6.70. The minimum atomic E-state index is -0.329. The van der Waals surface area contributed by atoms with Gasteiger partial charge in [0.25, 0.3) is 5.91 Å². The summed E-state index contributed by atoms with van der Waals surface area (Å²) < 4.78 is 14.9. The fourth-order valence-corrected chi connectivity index (χ4v) is 3.24. The molecule has 0 fully saturated rings. The maximum Gasteiger partial charge on any atom is 0.252 e. The first kappa shape index (κ1) is 20.9. The molecule has 30 heavy (non-hydrogen) atoms. The third-order valence-electron chi connectivity index (χ3n) is 4.71. The van der Waals surface area contributed by atoms with Crippen LogP contribution < -0.4 is 5.32 Å². The van der Waals surface area contributed by atoms with Gasteiger partial charge in [0, 0.05) is 23.5 Å². The van der Waals surface area contributed by atoms with Crippen molar-refractivity contribution in [2.45, 2.75) is 19.4 Å². The topological polar surface area (TPSA) is 59.8 Å². The van der Waals surface area contributed by atoms with E-state index in [4.69, 9.17) is 0 Å². The minimum absolute atomic E-state index is 0.229. The molecule has 0 aliphatic heterocycles. The molecule has 152 valence electrons. The van der Waals surface area contributed by atoms with E-state index in [2.05, 4.69) is 28.6 Å². The van der Waals surface area contributed by atoms with Crippen molar-refractivity contribution in [1.29, 1.82) is 0 Å². The third kappa shape index (κ3) is 4.43. The summed E-state index contributed by atoms with van der Waals surface area (Å²) in [5, 5.41) is 7.45. The zero-order valence-electron chi connectivity index (χ0n) is 16.8. The number of halogens is 1. The number of nitrogens with one attached hydrogen (secondary N) is 1. The lowest BCUT2D eigenvalue weighted by molar-refractivity contribution is -0.116. The summed E-state index contributed by atoms with van der Waals surface area (Å²) in [5.41, 5.74) is 3.38. The number of hydrogen-bond donors (Lipinski definition) is 1. The lowest BCUT2D eigenvalue weighted by Crippen LogP contribution is -2.29. The lowest BCUT2D eigenvalue weighted by Gasteiger charge is -2.19.